The maximum atomic E-state index is 12.6. The summed E-state index contributed by atoms with van der Waals surface area (Å²) in [5.74, 6) is 0.741. The maximum Gasteiger partial charge on any atom is 0.222 e. The predicted molar refractivity (Wildman–Crippen MR) is 127 cm³/mol. The third-order valence-corrected chi connectivity index (χ3v) is 5.84. The molecule has 0 aliphatic carbocycles. The molecular formula is C24H31N5OS. The van der Waals surface area contributed by atoms with Gasteiger partial charge in [-0.15, -0.1) is 0 Å². The van der Waals surface area contributed by atoms with Gasteiger partial charge in [-0.25, -0.2) is 0 Å². The minimum absolute atomic E-state index is 0.00928. The van der Waals surface area contributed by atoms with Crippen LogP contribution in [0, 0.1) is 11.7 Å². The van der Waals surface area contributed by atoms with E-state index in [2.05, 4.69) is 53.4 Å². The molecule has 1 aromatic heterocycles. The van der Waals surface area contributed by atoms with Crippen LogP contribution in [0.15, 0.2) is 48.5 Å². The second kappa shape index (κ2) is 10.5. The Balaban J connectivity index is 1.61. The summed E-state index contributed by atoms with van der Waals surface area (Å²) in [5, 5.41) is 10.3. The fourth-order valence-corrected chi connectivity index (χ4v) is 3.50. The minimum atomic E-state index is -0.00928. The molecule has 0 atom stereocenters. The molecule has 0 fully saturated rings. The number of aromatic amines is 1. The number of aryl methyl sites for hydroxylation is 1. The SMILES string of the molecule is Cc1ccc(-c2n[nH]c(=S)n2CCC(=O)NCc2ccccc2CN(C)C(C)C)cc1. The van der Waals surface area contributed by atoms with E-state index in [1.807, 2.05) is 47.9 Å². The number of benzene rings is 2. The zero-order valence-corrected chi connectivity index (χ0v) is 19.5. The highest BCUT2D eigenvalue weighted by Crippen LogP contribution is 2.18. The number of nitrogens with one attached hydrogen (secondary N) is 2. The Morgan fingerprint density at radius 2 is 1.84 bits per heavy atom. The molecule has 2 aromatic carbocycles. The van der Waals surface area contributed by atoms with E-state index in [4.69, 9.17) is 12.2 Å². The molecule has 0 aliphatic rings. The zero-order chi connectivity index (χ0) is 22.4. The molecule has 1 amide bonds. The van der Waals surface area contributed by atoms with Crippen LogP contribution in [0.1, 0.15) is 37.0 Å². The summed E-state index contributed by atoms with van der Waals surface area (Å²) in [5.41, 5.74) is 4.53. The van der Waals surface area contributed by atoms with E-state index in [0.29, 0.717) is 30.3 Å². The van der Waals surface area contributed by atoms with Crippen LogP contribution in [0.3, 0.4) is 0 Å². The van der Waals surface area contributed by atoms with Gasteiger partial charge in [-0.2, -0.15) is 5.10 Å². The van der Waals surface area contributed by atoms with Crippen LogP contribution in [0.2, 0.25) is 0 Å². The molecule has 2 N–H and O–H groups in total. The van der Waals surface area contributed by atoms with Crippen molar-refractivity contribution in [2.45, 2.75) is 52.9 Å². The van der Waals surface area contributed by atoms with Crippen molar-refractivity contribution in [3.05, 3.63) is 70.0 Å². The van der Waals surface area contributed by atoms with Gasteiger partial charge >= 0.3 is 0 Å². The predicted octanol–water partition coefficient (Wildman–Crippen LogP) is 4.46. The van der Waals surface area contributed by atoms with Crippen LogP contribution >= 0.6 is 12.2 Å². The van der Waals surface area contributed by atoms with Crippen LogP contribution in [0.4, 0.5) is 0 Å². The molecule has 1 heterocycles. The van der Waals surface area contributed by atoms with Crippen molar-refractivity contribution in [3.8, 4) is 11.4 Å². The minimum Gasteiger partial charge on any atom is -0.352 e. The van der Waals surface area contributed by atoms with Gasteiger partial charge in [-0.3, -0.25) is 19.4 Å². The van der Waals surface area contributed by atoms with Crippen molar-refractivity contribution in [2.24, 2.45) is 0 Å². The Labute approximate surface area is 189 Å². The smallest absolute Gasteiger partial charge is 0.222 e. The quantitative estimate of drug-likeness (QED) is 0.485. The third-order valence-electron chi connectivity index (χ3n) is 5.53. The van der Waals surface area contributed by atoms with Gasteiger partial charge in [0, 0.05) is 37.7 Å². The van der Waals surface area contributed by atoms with Gasteiger partial charge < -0.3 is 5.32 Å². The summed E-state index contributed by atoms with van der Waals surface area (Å²) in [7, 11) is 2.11. The molecule has 0 aliphatic heterocycles. The van der Waals surface area contributed by atoms with E-state index in [-0.39, 0.29) is 5.91 Å². The summed E-state index contributed by atoms with van der Waals surface area (Å²) in [6.07, 6.45) is 0.334. The van der Waals surface area contributed by atoms with Crippen molar-refractivity contribution in [3.63, 3.8) is 0 Å². The highest BCUT2D eigenvalue weighted by atomic mass is 32.1. The lowest BCUT2D eigenvalue weighted by Crippen LogP contribution is -2.28. The van der Waals surface area contributed by atoms with Gasteiger partial charge in [0.2, 0.25) is 5.91 Å². The third kappa shape index (κ3) is 6.12. The molecule has 6 nitrogen and oxygen atoms in total. The molecule has 31 heavy (non-hydrogen) atoms. The van der Waals surface area contributed by atoms with E-state index in [9.17, 15) is 4.79 Å². The molecule has 0 saturated carbocycles. The summed E-state index contributed by atoms with van der Waals surface area (Å²) in [6, 6.07) is 16.8. The van der Waals surface area contributed by atoms with Gasteiger partial charge in [0.15, 0.2) is 10.6 Å². The zero-order valence-electron chi connectivity index (χ0n) is 18.7. The number of carbonyl (C=O) groups is 1. The van der Waals surface area contributed by atoms with Crippen LogP contribution in [0.5, 0.6) is 0 Å². The normalized spacial score (nSPS) is 11.3. The maximum absolute atomic E-state index is 12.6. The summed E-state index contributed by atoms with van der Waals surface area (Å²) in [4.78, 5) is 14.8. The van der Waals surface area contributed by atoms with E-state index in [1.54, 1.807) is 0 Å². The van der Waals surface area contributed by atoms with Crippen LogP contribution in [-0.4, -0.2) is 38.7 Å². The van der Waals surface area contributed by atoms with Crippen molar-refractivity contribution in [2.75, 3.05) is 7.05 Å². The molecule has 164 valence electrons. The number of hydrogen-bond donors (Lipinski definition) is 2. The molecule has 0 bridgehead atoms. The Morgan fingerprint density at radius 3 is 2.52 bits per heavy atom. The number of carbonyl (C=O) groups excluding carboxylic acids is 1. The molecule has 0 saturated heterocycles. The Kier molecular flexibility index (Phi) is 7.76. The number of nitrogens with zero attached hydrogens (tertiary/aromatic N) is 3. The lowest BCUT2D eigenvalue weighted by Gasteiger charge is -2.22. The second-order valence-corrected chi connectivity index (χ2v) is 8.56. The highest BCUT2D eigenvalue weighted by Gasteiger charge is 2.12. The summed E-state index contributed by atoms with van der Waals surface area (Å²) >= 11 is 5.38. The Morgan fingerprint density at radius 1 is 1.16 bits per heavy atom. The van der Waals surface area contributed by atoms with Crippen LogP contribution < -0.4 is 5.32 Å². The lowest BCUT2D eigenvalue weighted by atomic mass is 10.1. The molecular weight excluding hydrogens is 406 g/mol. The first-order valence-electron chi connectivity index (χ1n) is 10.6. The molecule has 0 radical (unpaired) electrons. The van der Waals surface area contributed by atoms with E-state index < -0.39 is 0 Å². The highest BCUT2D eigenvalue weighted by molar-refractivity contribution is 7.71. The van der Waals surface area contributed by atoms with E-state index >= 15 is 0 Å². The topological polar surface area (TPSA) is 66.0 Å². The second-order valence-electron chi connectivity index (χ2n) is 8.17. The molecule has 0 unspecified atom stereocenters. The Bertz CT molecular complexity index is 1070. The number of rotatable bonds is 9. The first-order valence-corrected chi connectivity index (χ1v) is 11.0. The lowest BCUT2D eigenvalue weighted by molar-refractivity contribution is -0.121. The first kappa shape index (κ1) is 22.9. The summed E-state index contributed by atoms with van der Waals surface area (Å²) < 4.78 is 2.40. The number of aromatic nitrogens is 3. The fourth-order valence-electron chi connectivity index (χ4n) is 3.28. The van der Waals surface area contributed by atoms with Crippen molar-refractivity contribution < 1.29 is 4.79 Å². The number of amides is 1. The van der Waals surface area contributed by atoms with Crippen molar-refractivity contribution >= 4 is 18.1 Å². The molecule has 7 heteroatoms. The standard InChI is InChI=1S/C24H31N5OS/c1-17(2)28(4)16-21-8-6-5-7-20(21)15-25-22(30)13-14-29-23(26-27-24(29)31)19-11-9-18(3)10-12-19/h5-12,17H,13-16H2,1-4H3,(H,25,30)(H,27,31). The van der Waals surface area contributed by atoms with E-state index in [1.165, 1.54) is 11.1 Å². The Hall–Kier alpha value is -2.77. The molecule has 3 aromatic rings. The average Bonchev–Trinajstić information content (AvgIpc) is 3.12. The van der Waals surface area contributed by atoms with Crippen molar-refractivity contribution in [1.82, 2.24) is 25.0 Å². The summed E-state index contributed by atoms with van der Waals surface area (Å²) in [6.45, 7) is 8.25. The van der Waals surface area contributed by atoms with Crippen molar-refractivity contribution in [1.29, 1.82) is 0 Å². The van der Waals surface area contributed by atoms with Crippen LogP contribution in [0.25, 0.3) is 11.4 Å². The molecule has 0 spiro atoms. The van der Waals surface area contributed by atoms with Gasteiger partial charge in [0.25, 0.3) is 0 Å². The fraction of sp³-hybridized carbons (Fsp3) is 0.375. The van der Waals surface area contributed by atoms with Crippen LogP contribution in [-0.2, 0) is 24.4 Å². The monoisotopic (exact) mass is 437 g/mol. The van der Waals surface area contributed by atoms with Gasteiger partial charge in [0.1, 0.15) is 0 Å². The first-order chi connectivity index (χ1) is 14.8. The van der Waals surface area contributed by atoms with Gasteiger partial charge in [-0.1, -0.05) is 54.1 Å². The molecule has 3 rings (SSSR count). The largest absolute Gasteiger partial charge is 0.352 e. The number of hydrogen-bond acceptors (Lipinski definition) is 4. The van der Waals surface area contributed by atoms with Gasteiger partial charge in [-0.05, 0) is 51.2 Å². The van der Waals surface area contributed by atoms with E-state index in [0.717, 1.165) is 23.5 Å². The van der Waals surface area contributed by atoms with Gasteiger partial charge in [0.05, 0.1) is 0 Å². The average molecular weight is 438 g/mol. The number of H-pyrrole nitrogens is 1.